The highest BCUT2D eigenvalue weighted by atomic mass is 16.2. The third-order valence-electron chi connectivity index (χ3n) is 7.48. The Morgan fingerprint density at radius 2 is 1.44 bits per heavy atom. The van der Waals surface area contributed by atoms with Crippen molar-refractivity contribution in [3.63, 3.8) is 0 Å². The molecule has 2 N–H and O–H groups in total. The van der Waals surface area contributed by atoms with Crippen molar-refractivity contribution in [2.45, 2.75) is 6.42 Å². The van der Waals surface area contributed by atoms with Crippen LogP contribution < -0.4 is 10.2 Å². The third-order valence-corrected chi connectivity index (χ3v) is 7.48. The van der Waals surface area contributed by atoms with Gasteiger partial charge in [0, 0.05) is 53.4 Å². The fourth-order valence-corrected chi connectivity index (χ4v) is 5.41. The highest BCUT2D eigenvalue weighted by Gasteiger charge is 2.27. The van der Waals surface area contributed by atoms with Gasteiger partial charge in [-0.2, -0.15) is 0 Å². The maximum absolute atomic E-state index is 13.8. The van der Waals surface area contributed by atoms with Gasteiger partial charge in [0.25, 0.3) is 11.8 Å². The molecule has 0 atom stereocenters. The van der Waals surface area contributed by atoms with Gasteiger partial charge in [0.15, 0.2) is 11.6 Å². The van der Waals surface area contributed by atoms with Crippen LogP contribution in [0.5, 0.6) is 0 Å². The summed E-state index contributed by atoms with van der Waals surface area (Å²) < 4.78 is 0. The molecule has 0 saturated heterocycles. The number of anilines is 2. The molecule has 8 nitrogen and oxygen atoms in total. The first-order chi connectivity index (χ1) is 21.2. The number of fused-ring (bicyclic) bond motifs is 3. The van der Waals surface area contributed by atoms with E-state index in [1.165, 1.54) is 0 Å². The molecule has 3 heterocycles. The van der Waals surface area contributed by atoms with Crippen molar-refractivity contribution in [2.75, 3.05) is 16.8 Å². The van der Waals surface area contributed by atoms with Gasteiger partial charge in [-0.25, -0.2) is 15.0 Å². The van der Waals surface area contributed by atoms with Crippen molar-refractivity contribution in [2.24, 2.45) is 0 Å². The van der Waals surface area contributed by atoms with Gasteiger partial charge in [0.2, 0.25) is 0 Å². The number of para-hydroxylation sites is 1. The van der Waals surface area contributed by atoms with Gasteiger partial charge in [-0.1, -0.05) is 66.7 Å². The van der Waals surface area contributed by atoms with Crippen LogP contribution in [0.3, 0.4) is 0 Å². The quantitative estimate of drug-likeness (QED) is 0.245. The van der Waals surface area contributed by atoms with Crippen molar-refractivity contribution in [3.05, 3.63) is 138 Å². The number of amides is 2. The Balaban J connectivity index is 1.12. The number of aromatic amines is 1. The van der Waals surface area contributed by atoms with E-state index < -0.39 is 0 Å². The number of hydrogen-bond donors (Lipinski definition) is 2. The first-order valence-electron chi connectivity index (χ1n) is 14.0. The molecule has 0 bridgehead atoms. The Hall–Kier alpha value is -5.89. The number of carbonyl (C=O) groups excluding carboxylic acids is 2. The molecular weight excluding hydrogens is 536 g/mol. The molecule has 8 heteroatoms. The molecule has 0 unspecified atom stereocenters. The number of H-pyrrole nitrogens is 1. The van der Waals surface area contributed by atoms with Crippen LogP contribution in [0.15, 0.2) is 122 Å². The molecule has 4 aromatic carbocycles. The lowest BCUT2D eigenvalue weighted by atomic mass is 9.99. The van der Waals surface area contributed by atoms with Crippen LogP contribution in [0.2, 0.25) is 0 Å². The van der Waals surface area contributed by atoms with Crippen LogP contribution in [0.4, 0.5) is 11.4 Å². The van der Waals surface area contributed by atoms with Crippen LogP contribution >= 0.6 is 0 Å². The van der Waals surface area contributed by atoms with Crippen molar-refractivity contribution in [3.8, 4) is 34.0 Å². The number of aromatic nitrogens is 4. The summed E-state index contributed by atoms with van der Waals surface area (Å²) >= 11 is 0. The predicted octanol–water partition coefficient (Wildman–Crippen LogP) is 6.66. The number of nitrogens with one attached hydrogen (secondary N) is 2. The minimum Gasteiger partial charge on any atom is -0.339 e. The summed E-state index contributed by atoms with van der Waals surface area (Å²) in [6, 6.07) is 33.9. The topological polar surface area (TPSA) is 104 Å². The molecule has 208 valence electrons. The molecule has 1 aliphatic rings. The van der Waals surface area contributed by atoms with Gasteiger partial charge in [-0.05, 0) is 53.6 Å². The molecule has 7 rings (SSSR count). The van der Waals surface area contributed by atoms with E-state index in [9.17, 15) is 9.59 Å². The van der Waals surface area contributed by atoms with E-state index in [-0.39, 0.29) is 11.8 Å². The zero-order chi connectivity index (χ0) is 29.2. The summed E-state index contributed by atoms with van der Waals surface area (Å²) in [6.07, 6.45) is 3.96. The second-order valence-electron chi connectivity index (χ2n) is 10.2. The van der Waals surface area contributed by atoms with E-state index in [4.69, 9.17) is 4.98 Å². The molecule has 0 aliphatic carbocycles. The summed E-state index contributed by atoms with van der Waals surface area (Å²) in [4.78, 5) is 45.7. The average Bonchev–Trinajstić information content (AvgIpc) is 3.44. The standard InChI is InChI=1S/C35H26N6O2/c42-34(27-12-5-4-11-26(27)23-9-2-1-3-10-23)38-25-17-15-24(16-18-25)35(43)41-22-19-29-31(28-13-6-7-14-30(28)41)40-33(39-29)32-36-20-8-21-37-32/h1-18,20-21H,19,22H2,(H,38,42)(H,39,40). The molecule has 1 aliphatic heterocycles. The van der Waals surface area contributed by atoms with Gasteiger partial charge in [0.05, 0.1) is 11.4 Å². The Morgan fingerprint density at radius 1 is 0.744 bits per heavy atom. The minimum atomic E-state index is -0.214. The molecule has 43 heavy (non-hydrogen) atoms. The van der Waals surface area contributed by atoms with Crippen molar-refractivity contribution >= 4 is 23.2 Å². The van der Waals surface area contributed by atoms with E-state index in [0.717, 1.165) is 33.8 Å². The summed E-state index contributed by atoms with van der Waals surface area (Å²) in [5, 5.41) is 2.98. The highest BCUT2D eigenvalue weighted by molar-refractivity contribution is 6.10. The zero-order valence-electron chi connectivity index (χ0n) is 23.1. The molecule has 6 aromatic rings. The maximum atomic E-state index is 13.8. The summed E-state index contributed by atoms with van der Waals surface area (Å²) in [7, 11) is 0. The lowest BCUT2D eigenvalue weighted by Gasteiger charge is -2.23. The van der Waals surface area contributed by atoms with Crippen molar-refractivity contribution in [1.29, 1.82) is 0 Å². The number of carbonyl (C=O) groups is 2. The van der Waals surface area contributed by atoms with Gasteiger partial charge >= 0.3 is 0 Å². The molecule has 0 saturated carbocycles. The summed E-state index contributed by atoms with van der Waals surface area (Å²) in [5.41, 5.74) is 6.91. The van der Waals surface area contributed by atoms with Gasteiger partial charge in [-0.3, -0.25) is 9.59 Å². The van der Waals surface area contributed by atoms with Gasteiger partial charge in [0.1, 0.15) is 0 Å². The second-order valence-corrected chi connectivity index (χ2v) is 10.2. The molecular formula is C35H26N6O2. The molecule has 0 fully saturated rings. The third kappa shape index (κ3) is 5.06. The fraction of sp³-hybridized carbons (Fsp3) is 0.0571. The lowest BCUT2D eigenvalue weighted by Crippen LogP contribution is -2.32. The highest BCUT2D eigenvalue weighted by Crippen LogP contribution is 2.37. The maximum Gasteiger partial charge on any atom is 0.258 e. The van der Waals surface area contributed by atoms with Crippen LogP contribution in [0.1, 0.15) is 26.4 Å². The molecule has 0 radical (unpaired) electrons. The van der Waals surface area contributed by atoms with Crippen LogP contribution in [-0.2, 0) is 6.42 Å². The molecule has 2 aromatic heterocycles. The average molecular weight is 563 g/mol. The second kappa shape index (κ2) is 11.2. The van der Waals surface area contributed by atoms with Gasteiger partial charge < -0.3 is 15.2 Å². The predicted molar refractivity (Wildman–Crippen MR) is 167 cm³/mol. The molecule has 2 amide bonds. The van der Waals surface area contributed by atoms with Crippen molar-refractivity contribution in [1.82, 2.24) is 19.9 Å². The van der Waals surface area contributed by atoms with E-state index in [1.807, 2.05) is 78.9 Å². The number of hydrogen-bond acceptors (Lipinski definition) is 5. The monoisotopic (exact) mass is 562 g/mol. The normalized spacial score (nSPS) is 12.1. The number of imidazole rings is 1. The Morgan fingerprint density at radius 3 is 2.23 bits per heavy atom. The van der Waals surface area contributed by atoms with Crippen LogP contribution in [0, 0.1) is 0 Å². The van der Waals surface area contributed by atoms with Crippen molar-refractivity contribution < 1.29 is 9.59 Å². The van der Waals surface area contributed by atoms with E-state index in [1.54, 1.807) is 47.6 Å². The SMILES string of the molecule is O=C(Nc1ccc(C(=O)N2CCc3[nH]c(-c4ncccn4)nc3-c3ccccc32)cc1)c1ccccc1-c1ccccc1. The number of nitrogens with zero attached hydrogens (tertiary/aromatic N) is 4. The Bertz CT molecular complexity index is 1940. The lowest BCUT2D eigenvalue weighted by molar-refractivity contribution is 0.0986. The fourth-order valence-electron chi connectivity index (χ4n) is 5.41. The number of benzene rings is 4. The largest absolute Gasteiger partial charge is 0.339 e. The minimum absolute atomic E-state index is 0.128. The van der Waals surface area contributed by atoms with Gasteiger partial charge in [-0.15, -0.1) is 0 Å². The first kappa shape index (κ1) is 26.0. The Kier molecular flexibility index (Phi) is 6.77. The van der Waals surface area contributed by atoms with E-state index in [0.29, 0.717) is 41.4 Å². The summed E-state index contributed by atoms with van der Waals surface area (Å²) in [6.45, 7) is 0.467. The number of rotatable bonds is 5. The summed E-state index contributed by atoms with van der Waals surface area (Å²) in [5.74, 6) is 0.784. The molecule has 0 spiro atoms. The van der Waals surface area contributed by atoms with Crippen LogP contribution in [-0.4, -0.2) is 38.3 Å². The van der Waals surface area contributed by atoms with E-state index >= 15 is 0 Å². The van der Waals surface area contributed by atoms with E-state index in [2.05, 4.69) is 20.3 Å². The zero-order valence-corrected chi connectivity index (χ0v) is 23.1. The first-order valence-corrected chi connectivity index (χ1v) is 14.0. The van der Waals surface area contributed by atoms with Crippen LogP contribution in [0.25, 0.3) is 34.0 Å². The Labute approximate surface area is 248 Å². The smallest absolute Gasteiger partial charge is 0.258 e.